The lowest BCUT2D eigenvalue weighted by Crippen LogP contribution is -2.53. The lowest BCUT2D eigenvalue weighted by molar-refractivity contribution is 0.0636. The molecule has 0 unspecified atom stereocenters. The van der Waals surface area contributed by atoms with Crippen LogP contribution >= 0.6 is 0 Å². The van der Waals surface area contributed by atoms with Crippen LogP contribution in [0.25, 0.3) is 0 Å². The number of rotatable bonds is 2. The van der Waals surface area contributed by atoms with E-state index in [2.05, 4.69) is 30.1 Å². The highest BCUT2D eigenvalue weighted by atomic mass is 15.3. The van der Waals surface area contributed by atoms with Crippen molar-refractivity contribution in [3.63, 3.8) is 0 Å². The Morgan fingerprint density at radius 2 is 1.69 bits per heavy atom. The molecule has 0 aromatic heterocycles. The first-order valence-electron chi connectivity index (χ1n) is 5.57. The molecule has 0 atom stereocenters. The summed E-state index contributed by atoms with van der Waals surface area (Å²) in [6, 6.07) is 1.63. The van der Waals surface area contributed by atoms with Crippen molar-refractivity contribution in [2.75, 3.05) is 26.2 Å². The summed E-state index contributed by atoms with van der Waals surface area (Å²) >= 11 is 0. The molecule has 2 heteroatoms. The van der Waals surface area contributed by atoms with E-state index in [0.717, 1.165) is 12.1 Å². The zero-order valence-electron chi connectivity index (χ0n) is 8.87. The van der Waals surface area contributed by atoms with Gasteiger partial charge in [-0.3, -0.25) is 9.80 Å². The second-order valence-corrected chi connectivity index (χ2v) is 4.58. The average molecular weight is 181 g/mol. The SMILES string of the molecule is CC(C)N1CCN(C2C[CH]C2)CC1. The lowest BCUT2D eigenvalue weighted by atomic mass is 9.91. The zero-order valence-corrected chi connectivity index (χ0v) is 8.87. The normalized spacial score (nSPS) is 27.9. The van der Waals surface area contributed by atoms with Crippen LogP contribution in [-0.2, 0) is 0 Å². The molecule has 13 heavy (non-hydrogen) atoms. The fraction of sp³-hybridized carbons (Fsp3) is 0.909. The van der Waals surface area contributed by atoms with Crippen molar-refractivity contribution in [2.24, 2.45) is 0 Å². The van der Waals surface area contributed by atoms with Crippen LogP contribution in [0.2, 0.25) is 0 Å². The van der Waals surface area contributed by atoms with Crippen LogP contribution in [0.1, 0.15) is 26.7 Å². The van der Waals surface area contributed by atoms with Crippen molar-refractivity contribution in [1.29, 1.82) is 0 Å². The van der Waals surface area contributed by atoms with Crippen LogP contribution in [0.4, 0.5) is 0 Å². The van der Waals surface area contributed by atoms with Gasteiger partial charge in [-0.25, -0.2) is 0 Å². The fourth-order valence-electron chi connectivity index (χ4n) is 2.23. The molecule has 0 N–H and O–H groups in total. The molecule has 1 aliphatic carbocycles. The van der Waals surface area contributed by atoms with E-state index >= 15 is 0 Å². The molecule has 0 amide bonds. The largest absolute Gasteiger partial charge is 0.298 e. The zero-order chi connectivity index (χ0) is 9.26. The highest BCUT2D eigenvalue weighted by Crippen LogP contribution is 2.24. The Labute approximate surface area is 81.9 Å². The number of hydrogen-bond acceptors (Lipinski definition) is 2. The average Bonchev–Trinajstić information content (AvgIpc) is 2.02. The van der Waals surface area contributed by atoms with Crippen LogP contribution in [0.15, 0.2) is 0 Å². The van der Waals surface area contributed by atoms with Gasteiger partial charge < -0.3 is 0 Å². The van der Waals surface area contributed by atoms with Gasteiger partial charge in [0.25, 0.3) is 0 Å². The molecule has 2 rings (SSSR count). The number of nitrogens with zero attached hydrogens (tertiary/aromatic N) is 2. The van der Waals surface area contributed by atoms with Crippen LogP contribution in [-0.4, -0.2) is 48.1 Å². The maximum Gasteiger partial charge on any atom is 0.0113 e. The van der Waals surface area contributed by atoms with Gasteiger partial charge in [-0.15, -0.1) is 0 Å². The van der Waals surface area contributed by atoms with Gasteiger partial charge >= 0.3 is 0 Å². The van der Waals surface area contributed by atoms with Crippen LogP contribution in [0.3, 0.4) is 0 Å². The van der Waals surface area contributed by atoms with Gasteiger partial charge in [-0.2, -0.15) is 0 Å². The van der Waals surface area contributed by atoms with Gasteiger partial charge in [0.2, 0.25) is 0 Å². The summed E-state index contributed by atoms with van der Waals surface area (Å²) in [7, 11) is 0. The third kappa shape index (κ3) is 2.05. The summed E-state index contributed by atoms with van der Waals surface area (Å²) in [6.07, 6.45) is 5.07. The lowest BCUT2D eigenvalue weighted by Gasteiger charge is -2.43. The minimum absolute atomic E-state index is 0.732. The van der Waals surface area contributed by atoms with E-state index in [-0.39, 0.29) is 0 Å². The summed E-state index contributed by atoms with van der Waals surface area (Å²) in [5.74, 6) is 0. The second kappa shape index (κ2) is 3.97. The van der Waals surface area contributed by atoms with E-state index in [1.807, 2.05) is 0 Å². The van der Waals surface area contributed by atoms with Gasteiger partial charge in [0.05, 0.1) is 0 Å². The molecule has 1 saturated carbocycles. The second-order valence-electron chi connectivity index (χ2n) is 4.58. The van der Waals surface area contributed by atoms with Gasteiger partial charge in [0, 0.05) is 38.3 Å². The molecule has 0 bridgehead atoms. The van der Waals surface area contributed by atoms with Crippen LogP contribution < -0.4 is 0 Å². The van der Waals surface area contributed by atoms with Gasteiger partial charge in [0.15, 0.2) is 0 Å². The maximum atomic E-state index is 2.67. The predicted octanol–water partition coefficient (Wildman–Crippen LogP) is 1.38. The van der Waals surface area contributed by atoms with E-state index in [9.17, 15) is 0 Å². The van der Waals surface area contributed by atoms with Gasteiger partial charge in [-0.1, -0.05) is 0 Å². The highest BCUT2D eigenvalue weighted by Gasteiger charge is 2.28. The molecule has 0 aromatic carbocycles. The van der Waals surface area contributed by atoms with Crippen molar-refractivity contribution in [3.8, 4) is 0 Å². The quantitative estimate of drug-likeness (QED) is 0.635. The minimum atomic E-state index is 0.732. The van der Waals surface area contributed by atoms with Gasteiger partial charge in [-0.05, 0) is 33.1 Å². The van der Waals surface area contributed by atoms with E-state index < -0.39 is 0 Å². The molecule has 2 nitrogen and oxygen atoms in total. The van der Waals surface area contributed by atoms with Crippen molar-refractivity contribution in [1.82, 2.24) is 9.80 Å². The first-order chi connectivity index (χ1) is 6.27. The molecular formula is C11H21N2. The monoisotopic (exact) mass is 181 g/mol. The fourth-order valence-corrected chi connectivity index (χ4v) is 2.23. The third-order valence-corrected chi connectivity index (χ3v) is 3.47. The Balaban J connectivity index is 1.75. The molecule has 75 valence electrons. The van der Waals surface area contributed by atoms with Gasteiger partial charge in [0.1, 0.15) is 0 Å². The summed E-state index contributed by atoms with van der Waals surface area (Å²) in [4.78, 5) is 5.25. The van der Waals surface area contributed by atoms with Crippen molar-refractivity contribution < 1.29 is 0 Å². The maximum absolute atomic E-state index is 2.67. The predicted molar refractivity (Wildman–Crippen MR) is 55.6 cm³/mol. The standard InChI is InChI=1S/C11H21N2/c1-10(2)12-6-8-13(9-7-12)11-4-3-5-11/h3,10-11H,4-9H2,1-2H3. The Morgan fingerprint density at radius 1 is 1.08 bits per heavy atom. The molecule has 0 spiro atoms. The molecule has 2 fully saturated rings. The first-order valence-corrected chi connectivity index (χ1v) is 5.57. The van der Waals surface area contributed by atoms with Crippen molar-refractivity contribution in [3.05, 3.63) is 6.42 Å². The molecule has 2 aliphatic rings. The highest BCUT2D eigenvalue weighted by molar-refractivity contribution is 4.94. The van der Waals surface area contributed by atoms with Crippen LogP contribution in [0, 0.1) is 6.42 Å². The Kier molecular flexibility index (Phi) is 2.89. The molecule has 0 aromatic rings. The number of hydrogen-bond donors (Lipinski definition) is 0. The van der Waals surface area contributed by atoms with Crippen LogP contribution in [0.5, 0.6) is 0 Å². The van der Waals surface area contributed by atoms with E-state index in [0.29, 0.717) is 0 Å². The summed E-state index contributed by atoms with van der Waals surface area (Å²) < 4.78 is 0. The molecule has 1 radical (unpaired) electrons. The molecular weight excluding hydrogens is 160 g/mol. The summed E-state index contributed by atoms with van der Waals surface area (Å²) in [5, 5.41) is 0. The van der Waals surface area contributed by atoms with E-state index in [4.69, 9.17) is 0 Å². The third-order valence-electron chi connectivity index (χ3n) is 3.47. The summed E-state index contributed by atoms with van der Waals surface area (Å²) in [5.41, 5.74) is 0. The minimum Gasteiger partial charge on any atom is -0.298 e. The first kappa shape index (κ1) is 9.47. The summed E-state index contributed by atoms with van der Waals surface area (Å²) in [6.45, 7) is 9.72. The smallest absolute Gasteiger partial charge is 0.0113 e. The van der Waals surface area contributed by atoms with Crippen molar-refractivity contribution >= 4 is 0 Å². The Bertz CT molecular complexity index is 155. The topological polar surface area (TPSA) is 6.48 Å². The van der Waals surface area contributed by atoms with E-state index in [1.165, 1.54) is 39.0 Å². The van der Waals surface area contributed by atoms with E-state index in [1.54, 1.807) is 0 Å². The molecule has 1 heterocycles. The Hall–Kier alpha value is -0.0800. The van der Waals surface area contributed by atoms with Crippen molar-refractivity contribution in [2.45, 2.75) is 38.8 Å². The molecule has 1 aliphatic heterocycles. The Morgan fingerprint density at radius 3 is 2.08 bits per heavy atom. The number of piperazine rings is 1. The molecule has 1 saturated heterocycles.